The average molecular weight is 290 g/mol. The highest BCUT2D eigenvalue weighted by Gasteiger charge is 2.39. The minimum Gasteiger partial charge on any atom is -0.338 e. The van der Waals surface area contributed by atoms with Crippen molar-refractivity contribution in [2.45, 2.75) is 25.8 Å². The summed E-state index contributed by atoms with van der Waals surface area (Å²) in [5.41, 5.74) is 0.342. The third-order valence-electron chi connectivity index (χ3n) is 3.88. The molecular weight excluding hydrogens is 275 g/mol. The lowest BCUT2D eigenvalue weighted by molar-refractivity contribution is -0.131. The number of rotatable bonds is 4. The third kappa shape index (κ3) is 2.30. The number of anilines is 1. The summed E-state index contributed by atoms with van der Waals surface area (Å²) in [6, 6.07) is 3.78. The van der Waals surface area contributed by atoms with E-state index in [9.17, 15) is 18.8 Å². The molecule has 0 spiro atoms. The number of carbonyl (C=O) groups is 3. The zero-order chi connectivity index (χ0) is 15.1. The van der Waals surface area contributed by atoms with E-state index in [1.165, 1.54) is 6.07 Å². The molecule has 1 heterocycles. The summed E-state index contributed by atoms with van der Waals surface area (Å²) >= 11 is 0. The molecule has 2 aliphatic rings. The van der Waals surface area contributed by atoms with Crippen LogP contribution in [-0.4, -0.2) is 41.6 Å². The fourth-order valence-electron chi connectivity index (χ4n) is 2.67. The van der Waals surface area contributed by atoms with Gasteiger partial charge in [-0.25, -0.2) is 4.39 Å². The van der Waals surface area contributed by atoms with Gasteiger partial charge in [0.2, 0.25) is 5.91 Å². The molecule has 1 aliphatic carbocycles. The van der Waals surface area contributed by atoms with Crippen LogP contribution in [0.5, 0.6) is 0 Å². The van der Waals surface area contributed by atoms with Crippen molar-refractivity contribution in [1.82, 2.24) is 4.90 Å². The van der Waals surface area contributed by atoms with Crippen molar-refractivity contribution in [3.63, 3.8) is 0 Å². The lowest BCUT2D eigenvalue weighted by atomic mass is 10.1. The number of Topliss-reactive ketones (excluding diaryl/α,β-unsaturated/α-hetero) is 1. The number of halogens is 1. The van der Waals surface area contributed by atoms with E-state index in [4.69, 9.17) is 0 Å². The van der Waals surface area contributed by atoms with Crippen molar-refractivity contribution in [3.8, 4) is 0 Å². The fourth-order valence-corrected chi connectivity index (χ4v) is 2.67. The largest absolute Gasteiger partial charge is 0.338 e. The van der Waals surface area contributed by atoms with E-state index in [1.807, 2.05) is 6.92 Å². The summed E-state index contributed by atoms with van der Waals surface area (Å²) in [5, 5.41) is 0. The van der Waals surface area contributed by atoms with Crippen LogP contribution in [-0.2, 0) is 9.59 Å². The van der Waals surface area contributed by atoms with Crippen LogP contribution < -0.4 is 4.90 Å². The summed E-state index contributed by atoms with van der Waals surface area (Å²) < 4.78 is 13.3. The number of fused-ring (bicyclic) bond motifs is 1. The van der Waals surface area contributed by atoms with Gasteiger partial charge in [0.1, 0.15) is 12.4 Å². The lowest BCUT2D eigenvalue weighted by Crippen LogP contribution is -2.43. The highest BCUT2D eigenvalue weighted by atomic mass is 19.1. The molecule has 1 aromatic rings. The highest BCUT2D eigenvalue weighted by Crippen LogP contribution is 2.31. The Hall–Kier alpha value is -2.24. The van der Waals surface area contributed by atoms with Crippen LogP contribution in [0.4, 0.5) is 10.1 Å². The maximum atomic E-state index is 13.3. The van der Waals surface area contributed by atoms with E-state index in [0.717, 1.165) is 29.9 Å². The molecule has 0 bridgehead atoms. The number of amides is 2. The van der Waals surface area contributed by atoms with E-state index < -0.39 is 17.5 Å². The number of hydrogen-bond donors (Lipinski definition) is 0. The minimum atomic E-state index is -0.768. The Labute approximate surface area is 121 Å². The molecule has 110 valence electrons. The topological polar surface area (TPSA) is 57.7 Å². The number of benzene rings is 1. The quantitative estimate of drug-likeness (QED) is 0.787. The molecule has 6 heteroatoms. The zero-order valence-electron chi connectivity index (χ0n) is 11.6. The molecule has 0 unspecified atom stereocenters. The first-order valence-corrected chi connectivity index (χ1v) is 6.98. The molecule has 1 aliphatic heterocycles. The summed E-state index contributed by atoms with van der Waals surface area (Å²) in [6.07, 6.45) is 1.94. The predicted molar refractivity (Wildman–Crippen MR) is 73.5 cm³/mol. The number of hydrogen-bond acceptors (Lipinski definition) is 3. The maximum absolute atomic E-state index is 13.3. The first kappa shape index (κ1) is 13.7. The summed E-state index contributed by atoms with van der Waals surface area (Å²) in [5.74, 6) is -2.20. The van der Waals surface area contributed by atoms with Crippen molar-refractivity contribution >= 4 is 23.3 Å². The van der Waals surface area contributed by atoms with E-state index in [2.05, 4.69) is 0 Å². The maximum Gasteiger partial charge on any atom is 0.299 e. The second-order valence-electron chi connectivity index (χ2n) is 5.29. The van der Waals surface area contributed by atoms with Crippen LogP contribution in [0.2, 0.25) is 0 Å². The van der Waals surface area contributed by atoms with Gasteiger partial charge in [-0.1, -0.05) is 0 Å². The molecule has 0 N–H and O–H groups in total. The van der Waals surface area contributed by atoms with Crippen molar-refractivity contribution in [2.24, 2.45) is 0 Å². The van der Waals surface area contributed by atoms with Crippen molar-refractivity contribution in [2.75, 3.05) is 18.0 Å². The van der Waals surface area contributed by atoms with Crippen LogP contribution in [0.25, 0.3) is 0 Å². The first-order valence-electron chi connectivity index (χ1n) is 6.98. The smallest absolute Gasteiger partial charge is 0.299 e. The van der Waals surface area contributed by atoms with Gasteiger partial charge >= 0.3 is 0 Å². The lowest BCUT2D eigenvalue weighted by Gasteiger charge is -2.24. The van der Waals surface area contributed by atoms with Gasteiger partial charge in [0.25, 0.3) is 11.7 Å². The zero-order valence-corrected chi connectivity index (χ0v) is 11.6. The van der Waals surface area contributed by atoms with Gasteiger partial charge in [-0.15, -0.1) is 0 Å². The molecule has 0 saturated heterocycles. The Kier molecular flexibility index (Phi) is 3.23. The molecule has 0 atom stereocenters. The second kappa shape index (κ2) is 4.95. The molecule has 3 rings (SSSR count). The number of ketones is 1. The summed E-state index contributed by atoms with van der Waals surface area (Å²) in [4.78, 5) is 38.9. The van der Waals surface area contributed by atoms with E-state index in [1.54, 1.807) is 4.90 Å². The van der Waals surface area contributed by atoms with Gasteiger partial charge in [-0.05, 0) is 38.0 Å². The molecule has 5 nitrogen and oxygen atoms in total. The fraction of sp³-hybridized carbons (Fsp3) is 0.400. The van der Waals surface area contributed by atoms with Crippen molar-refractivity contribution in [1.29, 1.82) is 0 Å². The van der Waals surface area contributed by atoms with Crippen LogP contribution in [0.1, 0.15) is 30.1 Å². The Morgan fingerprint density at radius 3 is 2.71 bits per heavy atom. The van der Waals surface area contributed by atoms with Crippen LogP contribution in [0, 0.1) is 5.82 Å². The van der Waals surface area contributed by atoms with Gasteiger partial charge in [0.05, 0.1) is 11.3 Å². The van der Waals surface area contributed by atoms with Gasteiger partial charge in [-0.3, -0.25) is 19.3 Å². The highest BCUT2D eigenvalue weighted by molar-refractivity contribution is 6.52. The Morgan fingerprint density at radius 2 is 2.10 bits per heavy atom. The van der Waals surface area contributed by atoms with Crippen LogP contribution in [0.3, 0.4) is 0 Å². The first-order chi connectivity index (χ1) is 10.0. The van der Waals surface area contributed by atoms with Crippen LogP contribution >= 0.6 is 0 Å². The van der Waals surface area contributed by atoms with Crippen molar-refractivity contribution < 1.29 is 18.8 Å². The normalized spacial score (nSPS) is 17.1. The van der Waals surface area contributed by atoms with Crippen molar-refractivity contribution in [3.05, 3.63) is 29.6 Å². The Balaban J connectivity index is 1.86. The average Bonchev–Trinajstić information content (AvgIpc) is 3.25. The number of nitrogens with zero attached hydrogens (tertiary/aromatic N) is 2. The Bertz CT molecular complexity index is 640. The predicted octanol–water partition coefficient (Wildman–Crippen LogP) is 1.37. The molecule has 0 aromatic heterocycles. The molecule has 1 saturated carbocycles. The van der Waals surface area contributed by atoms with Gasteiger partial charge in [-0.2, -0.15) is 0 Å². The second-order valence-corrected chi connectivity index (χ2v) is 5.29. The molecule has 2 amide bonds. The number of likely N-dealkylation sites (N-methyl/N-ethyl adjacent to an activating group) is 1. The van der Waals surface area contributed by atoms with Gasteiger partial charge in [0, 0.05) is 12.6 Å². The third-order valence-corrected chi connectivity index (χ3v) is 3.88. The molecule has 1 fully saturated rings. The van der Waals surface area contributed by atoms with E-state index in [0.29, 0.717) is 6.54 Å². The minimum absolute atomic E-state index is 0.156. The summed E-state index contributed by atoms with van der Waals surface area (Å²) in [7, 11) is 0. The molecule has 1 aromatic carbocycles. The SMILES string of the molecule is CCN(C(=O)CN1C(=O)C(=O)c2ccc(F)cc21)C1CC1. The Morgan fingerprint density at radius 1 is 1.38 bits per heavy atom. The molecule has 0 radical (unpaired) electrons. The van der Waals surface area contributed by atoms with Gasteiger partial charge in [0.15, 0.2) is 0 Å². The molecule has 21 heavy (non-hydrogen) atoms. The van der Waals surface area contributed by atoms with E-state index >= 15 is 0 Å². The van der Waals surface area contributed by atoms with Gasteiger partial charge < -0.3 is 4.90 Å². The molecular formula is C15H15FN2O3. The monoisotopic (exact) mass is 290 g/mol. The van der Waals surface area contributed by atoms with E-state index in [-0.39, 0.29) is 29.7 Å². The van der Waals surface area contributed by atoms with Crippen LogP contribution in [0.15, 0.2) is 18.2 Å². The standard InChI is InChI=1S/C15H15FN2O3/c1-2-17(10-4-5-10)13(19)8-18-12-7-9(16)3-6-11(12)14(20)15(18)21/h3,6-7,10H,2,4-5,8H2,1H3. The summed E-state index contributed by atoms with van der Waals surface area (Å²) in [6.45, 7) is 2.22. The number of carbonyl (C=O) groups excluding carboxylic acids is 3.